The standard InChI is InChI=1S/C10H13ClN6/c1-7-5-9(16-10(11)15-7)12-4-2-3-8-13-6-14-17-8/h5-6H,2-4H2,1H3,(H,12,15,16)(H,13,14,17). The van der Waals surface area contributed by atoms with E-state index in [1.807, 2.05) is 13.0 Å². The van der Waals surface area contributed by atoms with Crippen molar-refractivity contribution in [2.24, 2.45) is 0 Å². The Morgan fingerprint density at radius 1 is 1.41 bits per heavy atom. The van der Waals surface area contributed by atoms with Gasteiger partial charge >= 0.3 is 0 Å². The molecule has 0 aliphatic heterocycles. The number of hydrogen-bond donors (Lipinski definition) is 2. The van der Waals surface area contributed by atoms with Gasteiger partial charge in [0.2, 0.25) is 5.28 Å². The normalized spacial score (nSPS) is 10.5. The molecule has 7 heteroatoms. The zero-order valence-electron chi connectivity index (χ0n) is 9.44. The van der Waals surface area contributed by atoms with Crippen molar-refractivity contribution >= 4 is 17.4 Å². The Hall–Kier alpha value is -1.69. The maximum absolute atomic E-state index is 5.76. The van der Waals surface area contributed by atoms with Gasteiger partial charge in [-0.1, -0.05) is 0 Å². The van der Waals surface area contributed by atoms with Gasteiger partial charge in [-0.2, -0.15) is 5.10 Å². The largest absolute Gasteiger partial charge is 0.370 e. The molecule has 2 rings (SSSR count). The number of rotatable bonds is 5. The third-order valence-electron chi connectivity index (χ3n) is 2.19. The minimum Gasteiger partial charge on any atom is -0.370 e. The molecule has 0 radical (unpaired) electrons. The summed E-state index contributed by atoms with van der Waals surface area (Å²) in [5, 5.41) is 10.1. The highest BCUT2D eigenvalue weighted by Gasteiger charge is 2.00. The fraction of sp³-hybridized carbons (Fsp3) is 0.400. The summed E-state index contributed by atoms with van der Waals surface area (Å²) in [7, 11) is 0. The monoisotopic (exact) mass is 252 g/mol. The number of aryl methyl sites for hydroxylation is 2. The van der Waals surface area contributed by atoms with Crippen molar-refractivity contribution < 1.29 is 0 Å². The molecule has 0 bridgehead atoms. The Morgan fingerprint density at radius 3 is 3.00 bits per heavy atom. The molecule has 2 heterocycles. The highest BCUT2D eigenvalue weighted by atomic mass is 35.5. The van der Waals surface area contributed by atoms with Gasteiger partial charge in [0, 0.05) is 24.7 Å². The van der Waals surface area contributed by atoms with Gasteiger partial charge in [0.15, 0.2) is 0 Å². The predicted molar refractivity (Wildman–Crippen MR) is 65.0 cm³/mol. The van der Waals surface area contributed by atoms with Crippen LogP contribution in [0.4, 0.5) is 5.82 Å². The molecule has 0 saturated carbocycles. The Labute approximate surface area is 104 Å². The van der Waals surface area contributed by atoms with E-state index in [0.717, 1.165) is 36.7 Å². The Bertz CT molecular complexity index is 449. The molecule has 2 N–H and O–H groups in total. The van der Waals surface area contributed by atoms with Crippen molar-refractivity contribution in [1.82, 2.24) is 25.1 Å². The van der Waals surface area contributed by atoms with E-state index in [1.165, 1.54) is 6.33 Å². The maximum atomic E-state index is 5.76. The lowest BCUT2D eigenvalue weighted by Gasteiger charge is -2.05. The van der Waals surface area contributed by atoms with Gasteiger partial charge in [0.25, 0.3) is 0 Å². The smallest absolute Gasteiger partial charge is 0.224 e. The molecule has 0 aliphatic rings. The fourth-order valence-electron chi connectivity index (χ4n) is 1.45. The molecular formula is C10H13ClN6. The SMILES string of the molecule is Cc1cc(NCCCc2ncn[nH]2)nc(Cl)n1. The van der Waals surface area contributed by atoms with Crippen LogP contribution in [0.5, 0.6) is 0 Å². The molecule has 0 spiro atoms. The first kappa shape index (κ1) is 11.8. The second-order valence-corrected chi connectivity index (χ2v) is 3.96. The number of hydrogen-bond acceptors (Lipinski definition) is 5. The summed E-state index contributed by atoms with van der Waals surface area (Å²) in [6, 6.07) is 1.86. The molecule has 0 saturated heterocycles. The Balaban J connectivity index is 1.78. The third-order valence-corrected chi connectivity index (χ3v) is 2.36. The van der Waals surface area contributed by atoms with Crippen LogP contribution < -0.4 is 5.32 Å². The molecule has 17 heavy (non-hydrogen) atoms. The van der Waals surface area contributed by atoms with Gasteiger partial charge in [-0.25, -0.2) is 15.0 Å². The molecule has 0 aliphatic carbocycles. The van der Waals surface area contributed by atoms with E-state index in [4.69, 9.17) is 11.6 Å². The average molecular weight is 253 g/mol. The molecule has 0 unspecified atom stereocenters. The van der Waals surface area contributed by atoms with Crippen molar-refractivity contribution in [2.45, 2.75) is 19.8 Å². The summed E-state index contributed by atoms with van der Waals surface area (Å²) >= 11 is 5.76. The first-order chi connectivity index (χ1) is 8.24. The van der Waals surface area contributed by atoms with Gasteiger partial charge in [-0.05, 0) is 24.9 Å². The first-order valence-electron chi connectivity index (χ1n) is 5.33. The highest BCUT2D eigenvalue weighted by molar-refractivity contribution is 6.28. The van der Waals surface area contributed by atoms with E-state index in [-0.39, 0.29) is 5.28 Å². The second-order valence-electron chi connectivity index (χ2n) is 3.63. The highest BCUT2D eigenvalue weighted by Crippen LogP contribution is 2.09. The molecule has 2 aromatic heterocycles. The minimum atomic E-state index is 0.266. The summed E-state index contributed by atoms with van der Waals surface area (Å²) in [5.41, 5.74) is 0.850. The van der Waals surface area contributed by atoms with Crippen molar-refractivity contribution in [1.29, 1.82) is 0 Å². The lowest BCUT2D eigenvalue weighted by molar-refractivity contribution is 0.803. The van der Waals surface area contributed by atoms with E-state index in [2.05, 4.69) is 30.5 Å². The molecule has 0 amide bonds. The molecule has 0 atom stereocenters. The third kappa shape index (κ3) is 3.67. The topological polar surface area (TPSA) is 79.4 Å². The van der Waals surface area contributed by atoms with E-state index >= 15 is 0 Å². The summed E-state index contributed by atoms with van der Waals surface area (Å²) in [4.78, 5) is 12.1. The minimum absolute atomic E-state index is 0.266. The van der Waals surface area contributed by atoms with Crippen molar-refractivity contribution in [3.8, 4) is 0 Å². The fourth-order valence-corrected chi connectivity index (χ4v) is 1.67. The first-order valence-corrected chi connectivity index (χ1v) is 5.71. The van der Waals surface area contributed by atoms with Crippen LogP contribution in [0, 0.1) is 6.92 Å². The van der Waals surface area contributed by atoms with Crippen LogP contribution in [0.2, 0.25) is 5.28 Å². The van der Waals surface area contributed by atoms with Gasteiger partial charge in [-0.15, -0.1) is 0 Å². The number of nitrogens with one attached hydrogen (secondary N) is 2. The Morgan fingerprint density at radius 2 is 2.29 bits per heavy atom. The molecule has 2 aromatic rings. The predicted octanol–water partition coefficient (Wildman–Crippen LogP) is 1.60. The molecular weight excluding hydrogens is 240 g/mol. The summed E-state index contributed by atoms with van der Waals surface area (Å²) < 4.78 is 0. The average Bonchev–Trinajstić information content (AvgIpc) is 2.76. The van der Waals surface area contributed by atoms with Crippen LogP contribution in [0.1, 0.15) is 17.9 Å². The summed E-state index contributed by atoms with van der Waals surface area (Å²) in [6.45, 7) is 2.68. The lowest BCUT2D eigenvalue weighted by atomic mass is 10.3. The van der Waals surface area contributed by atoms with Gasteiger partial charge in [0.1, 0.15) is 18.0 Å². The van der Waals surface area contributed by atoms with E-state index in [9.17, 15) is 0 Å². The van der Waals surface area contributed by atoms with E-state index < -0.39 is 0 Å². The second kappa shape index (κ2) is 5.58. The van der Waals surface area contributed by atoms with Crippen LogP contribution in [-0.2, 0) is 6.42 Å². The number of H-pyrrole nitrogens is 1. The zero-order valence-corrected chi connectivity index (χ0v) is 10.2. The number of aromatic nitrogens is 5. The lowest BCUT2D eigenvalue weighted by Crippen LogP contribution is -2.06. The molecule has 0 fully saturated rings. The van der Waals surface area contributed by atoms with Gasteiger partial charge in [0.05, 0.1) is 0 Å². The molecule has 0 aromatic carbocycles. The zero-order chi connectivity index (χ0) is 12.1. The maximum Gasteiger partial charge on any atom is 0.224 e. The van der Waals surface area contributed by atoms with Crippen LogP contribution in [-0.4, -0.2) is 31.7 Å². The number of nitrogens with zero attached hydrogens (tertiary/aromatic N) is 4. The number of aromatic amines is 1. The number of anilines is 1. The van der Waals surface area contributed by atoms with Crippen molar-refractivity contribution in [3.05, 3.63) is 29.2 Å². The van der Waals surface area contributed by atoms with Crippen molar-refractivity contribution in [3.63, 3.8) is 0 Å². The van der Waals surface area contributed by atoms with Gasteiger partial charge in [-0.3, -0.25) is 5.10 Å². The van der Waals surface area contributed by atoms with Crippen LogP contribution in [0.15, 0.2) is 12.4 Å². The van der Waals surface area contributed by atoms with Crippen LogP contribution in [0.25, 0.3) is 0 Å². The van der Waals surface area contributed by atoms with Crippen molar-refractivity contribution in [2.75, 3.05) is 11.9 Å². The molecule has 6 nitrogen and oxygen atoms in total. The summed E-state index contributed by atoms with van der Waals surface area (Å²) in [6.07, 6.45) is 3.30. The number of halogens is 1. The quantitative estimate of drug-likeness (QED) is 0.624. The van der Waals surface area contributed by atoms with E-state index in [0.29, 0.717) is 0 Å². The van der Waals surface area contributed by atoms with Gasteiger partial charge < -0.3 is 5.32 Å². The van der Waals surface area contributed by atoms with E-state index in [1.54, 1.807) is 0 Å². The van der Waals surface area contributed by atoms with Crippen LogP contribution in [0.3, 0.4) is 0 Å². The Kier molecular flexibility index (Phi) is 3.87. The molecule has 90 valence electrons. The summed E-state index contributed by atoms with van der Waals surface area (Å²) in [5.74, 6) is 1.64. The van der Waals surface area contributed by atoms with Crippen LogP contribution >= 0.6 is 11.6 Å².